The minimum absolute atomic E-state index is 0. The van der Waals surface area contributed by atoms with Crippen LogP contribution >= 0.6 is 12.4 Å². The van der Waals surface area contributed by atoms with Crippen molar-refractivity contribution in [1.29, 1.82) is 0 Å². The maximum atomic E-state index is 12.3. The second-order valence-corrected chi connectivity index (χ2v) is 5.18. The smallest absolute Gasteiger partial charge is 0.257 e. The van der Waals surface area contributed by atoms with Gasteiger partial charge in [0.05, 0.1) is 5.69 Å². The lowest BCUT2D eigenvalue weighted by Gasteiger charge is -2.23. The highest BCUT2D eigenvalue weighted by Gasteiger charge is 2.24. The van der Waals surface area contributed by atoms with E-state index in [1.165, 1.54) is 0 Å². The first-order chi connectivity index (χ1) is 8.59. The molecule has 0 radical (unpaired) electrons. The highest BCUT2D eigenvalue weighted by atomic mass is 35.5. The molecular weight excluding hydrogens is 266 g/mol. The van der Waals surface area contributed by atoms with Gasteiger partial charge in [0.2, 0.25) is 0 Å². The minimum atomic E-state index is -0.0637. The Morgan fingerprint density at radius 2 is 2.26 bits per heavy atom. The zero-order valence-electron chi connectivity index (χ0n) is 11.7. The Hall–Kier alpha value is -1.07. The number of nitrogens with one attached hydrogen (secondary N) is 2. The number of amides is 1. The first-order valence-corrected chi connectivity index (χ1v) is 6.57. The molecule has 0 unspecified atom stereocenters. The van der Waals surface area contributed by atoms with Crippen LogP contribution in [0.2, 0.25) is 0 Å². The lowest BCUT2D eigenvalue weighted by Crippen LogP contribution is -2.45. The number of aryl methyl sites for hydroxylation is 1. The maximum absolute atomic E-state index is 12.3. The van der Waals surface area contributed by atoms with Gasteiger partial charge in [-0.1, -0.05) is 19.0 Å². The van der Waals surface area contributed by atoms with E-state index >= 15 is 0 Å². The van der Waals surface area contributed by atoms with Crippen LogP contribution in [0, 0.1) is 6.92 Å². The number of carbonyl (C=O) groups excluding carboxylic acids is 1. The summed E-state index contributed by atoms with van der Waals surface area (Å²) < 4.78 is 5.24. The Bertz CT molecular complexity index is 426. The van der Waals surface area contributed by atoms with E-state index in [0.717, 1.165) is 25.9 Å². The van der Waals surface area contributed by atoms with Gasteiger partial charge in [-0.25, -0.2) is 0 Å². The highest BCUT2D eigenvalue weighted by molar-refractivity contribution is 5.96. The van der Waals surface area contributed by atoms with E-state index in [4.69, 9.17) is 4.52 Å². The van der Waals surface area contributed by atoms with Crippen molar-refractivity contribution < 1.29 is 9.32 Å². The van der Waals surface area contributed by atoms with Crippen LogP contribution in [0.15, 0.2) is 4.52 Å². The molecule has 1 atom stereocenters. The molecule has 0 aliphatic carbocycles. The van der Waals surface area contributed by atoms with Crippen LogP contribution in [-0.4, -0.2) is 30.2 Å². The van der Waals surface area contributed by atoms with Crippen molar-refractivity contribution in [2.75, 3.05) is 13.1 Å². The summed E-state index contributed by atoms with van der Waals surface area (Å²) in [5, 5.41) is 10.2. The van der Waals surface area contributed by atoms with Crippen molar-refractivity contribution in [1.82, 2.24) is 15.8 Å². The van der Waals surface area contributed by atoms with Gasteiger partial charge in [-0.2, -0.15) is 0 Å². The molecule has 1 aliphatic heterocycles. The van der Waals surface area contributed by atoms with E-state index in [1.54, 1.807) is 0 Å². The Kier molecular flexibility index (Phi) is 5.82. The Balaban J connectivity index is 0.00000180. The molecule has 1 amide bonds. The van der Waals surface area contributed by atoms with E-state index in [2.05, 4.69) is 15.8 Å². The van der Waals surface area contributed by atoms with E-state index in [9.17, 15) is 4.79 Å². The van der Waals surface area contributed by atoms with Crippen molar-refractivity contribution >= 4 is 18.3 Å². The van der Waals surface area contributed by atoms with Gasteiger partial charge in [0.1, 0.15) is 5.56 Å². The van der Waals surface area contributed by atoms with Gasteiger partial charge >= 0.3 is 0 Å². The molecular formula is C13H22ClN3O2. The fourth-order valence-electron chi connectivity index (χ4n) is 2.29. The SMILES string of the molecule is Cc1noc(C(C)C)c1C(=O)N[C@H]1CCCNC1.Cl. The van der Waals surface area contributed by atoms with Crippen LogP contribution in [0.25, 0.3) is 0 Å². The van der Waals surface area contributed by atoms with Crippen LogP contribution in [0.3, 0.4) is 0 Å². The Labute approximate surface area is 119 Å². The topological polar surface area (TPSA) is 67.2 Å². The third-order valence-electron chi connectivity index (χ3n) is 3.27. The summed E-state index contributed by atoms with van der Waals surface area (Å²) in [6.45, 7) is 7.68. The zero-order chi connectivity index (χ0) is 13.1. The number of nitrogens with zero attached hydrogens (tertiary/aromatic N) is 1. The Morgan fingerprint density at radius 1 is 1.53 bits per heavy atom. The minimum Gasteiger partial charge on any atom is -0.360 e. The molecule has 0 aromatic carbocycles. The van der Waals surface area contributed by atoms with E-state index in [0.29, 0.717) is 17.0 Å². The molecule has 1 saturated heterocycles. The largest absolute Gasteiger partial charge is 0.360 e. The molecule has 0 saturated carbocycles. The molecule has 108 valence electrons. The predicted molar refractivity (Wildman–Crippen MR) is 75.9 cm³/mol. The standard InChI is InChI=1S/C13H21N3O2.ClH/c1-8(2)12-11(9(3)16-18-12)13(17)15-10-5-4-6-14-7-10;/h8,10,14H,4-7H2,1-3H3,(H,15,17);1H/t10-;/m0./s1. The van der Waals surface area contributed by atoms with Crippen molar-refractivity contribution in [3.05, 3.63) is 17.0 Å². The van der Waals surface area contributed by atoms with Crippen LogP contribution < -0.4 is 10.6 Å². The number of piperidine rings is 1. The third kappa shape index (κ3) is 3.70. The molecule has 2 heterocycles. The number of hydrogen-bond acceptors (Lipinski definition) is 4. The van der Waals surface area contributed by atoms with Crippen molar-refractivity contribution in [2.24, 2.45) is 0 Å². The van der Waals surface area contributed by atoms with Crippen molar-refractivity contribution in [3.8, 4) is 0 Å². The summed E-state index contributed by atoms with van der Waals surface area (Å²) in [7, 11) is 0. The molecule has 1 aliphatic rings. The van der Waals surface area contributed by atoms with Crippen LogP contribution in [0.1, 0.15) is 54.4 Å². The predicted octanol–water partition coefficient (Wildman–Crippen LogP) is 2.01. The quantitative estimate of drug-likeness (QED) is 0.892. The summed E-state index contributed by atoms with van der Waals surface area (Å²) in [6, 6.07) is 0.209. The molecule has 6 heteroatoms. The molecule has 19 heavy (non-hydrogen) atoms. The van der Waals surface area contributed by atoms with Gasteiger partial charge in [0, 0.05) is 18.5 Å². The third-order valence-corrected chi connectivity index (χ3v) is 3.27. The number of halogens is 1. The van der Waals surface area contributed by atoms with Crippen LogP contribution in [0.4, 0.5) is 0 Å². The average molecular weight is 288 g/mol. The second kappa shape index (κ2) is 6.91. The molecule has 0 spiro atoms. The van der Waals surface area contributed by atoms with Gasteiger partial charge < -0.3 is 15.2 Å². The fourth-order valence-corrected chi connectivity index (χ4v) is 2.29. The number of hydrogen-bond donors (Lipinski definition) is 2. The monoisotopic (exact) mass is 287 g/mol. The number of aromatic nitrogens is 1. The summed E-state index contributed by atoms with van der Waals surface area (Å²) in [6.07, 6.45) is 2.13. The molecule has 1 aromatic rings. The second-order valence-electron chi connectivity index (χ2n) is 5.18. The van der Waals surface area contributed by atoms with Gasteiger partial charge in [0.25, 0.3) is 5.91 Å². The Morgan fingerprint density at radius 3 is 2.84 bits per heavy atom. The van der Waals surface area contributed by atoms with E-state index in [-0.39, 0.29) is 30.3 Å². The zero-order valence-corrected chi connectivity index (χ0v) is 12.5. The lowest BCUT2D eigenvalue weighted by molar-refractivity contribution is 0.0927. The average Bonchev–Trinajstić information content (AvgIpc) is 2.72. The highest BCUT2D eigenvalue weighted by Crippen LogP contribution is 2.22. The summed E-state index contributed by atoms with van der Waals surface area (Å²) >= 11 is 0. The molecule has 2 N–H and O–H groups in total. The summed E-state index contributed by atoms with van der Waals surface area (Å²) in [4.78, 5) is 12.3. The fraction of sp³-hybridized carbons (Fsp3) is 0.692. The maximum Gasteiger partial charge on any atom is 0.257 e. The first kappa shape index (κ1) is 16.0. The molecule has 1 aromatic heterocycles. The van der Waals surface area contributed by atoms with Crippen molar-refractivity contribution in [2.45, 2.75) is 45.6 Å². The molecule has 5 nitrogen and oxygen atoms in total. The molecule has 2 rings (SSSR count). The van der Waals surface area contributed by atoms with Gasteiger partial charge in [-0.3, -0.25) is 4.79 Å². The first-order valence-electron chi connectivity index (χ1n) is 6.57. The van der Waals surface area contributed by atoms with Gasteiger partial charge in [-0.05, 0) is 26.3 Å². The van der Waals surface area contributed by atoms with Crippen LogP contribution in [0.5, 0.6) is 0 Å². The van der Waals surface area contributed by atoms with E-state index in [1.807, 2.05) is 20.8 Å². The van der Waals surface area contributed by atoms with Crippen LogP contribution in [-0.2, 0) is 0 Å². The molecule has 0 bridgehead atoms. The van der Waals surface area contributed by atoms with Crippen molar-refractivity contribution in [3.63, 3.8) is 0 Å². The number of rotatable bonds is 3. The molecule has 1 fully saturated rings. The summed E-state index contributed by atoms with van der Waals surface area (Å²) in [5.41, 5.74) is 1.27. The lowest BCUT2D eigenvalue weighted by atomic mass is 10.0. The number of carbonyl (C=O) groups is 1. The van der Waals surface area contributed by atoms with Gasteiger partial charge in [0.15, 0.2) is 5.76 Å². The normalized spacial score (nSPS) is 19.1. The van der Waals surface area contributed by atoms with E-state index < -0.39 is 0 Å². The summed E-state index contributed by atoms with van der Waals surface area (Å²) in [5.74, 6) is 0.774. The van der Waals surface area contributed by atoms with Gasteiger partial charge in [-0.15, -0.1) is 12.4 Å².